The van der Waals surface area contributed by atoms with Gasteiger partial charge in [-0.15, -0.1) is 11.3 Å². The van der Waals surface area contributed by atoms with E-state index in [1.807, 2.05) is 5.38 Å². The summed E-state index contributed by atoms with van der Waals surface area (Å²) in [6, 6.07) is 5.20. The van der Waals surface area contributed by atoms with Gasteiger partial charge < -0.3 is 20.1 Å². The second kappa shape index (κ2) is 8.17. The van der Waals surface area contributed by atoms with Gasteiger partial charge in [0.05, 0.1) is 23.9 Å². The van der Waals surface area contributed by atoms with Gasteiger partial charge >= 0.3 is 12.0 Å². The highest BCUT2D eigenvalue weighted by molar-refractivity contribution is 7.10. The number of halogens is 2. The minimum absolute atomic E-state index is 0.147. The van der Waals surface area contributed by atoms with Crippen LogP contribution in [-0.4, -0.2) is 25.2 Å². The van der Waals surface area contributed by atoms with Crippen LogP contribution in [0.4, 0.5) is 13.6 Å². The molecule has 0 bridgehead atoms. The van der Waals surface area contributed by atoms with Crippen LogP contribution in [0.25, 0.3) is 0 Å². The van der Waals surface area contributed by atoms with Crippen molar-refractivity contribution in [3.8, 4) is 5.75 Å². The van der Waals surface area contributed by atoms with Gasteiger partial charge in [0.15, 0.2) is 11.6 Å². The first-order valence-corrected chi connectivity index (χ1v) is 8.96. The summed E-state index contributed by atoms with van der Waals surface area (Å²) in [6.07, 6.45) is 0. The maximum Gasteiger partial charge on any atom is 0.338 e. The van der Waals surface area contributed by atoms with Gasteiger partial charge in [0.2, 0.25) is 0 Å². The predicted molar refractivity (Wildman–Crippen MR) is 94.2 cm³/mol. The van der Waals surface area contributed by atoms with Crippen LogP contribution in [0.15, 0.2) is 47.0 Å². The molecule has 27 heavy (non-hydrogen) atoms. The van der Waals surface area contributed by atoms with Crippen LogP contribution in [0.1, 0.15) is 17.8 Å². The van der Waals surface area contributed by atoms with E-state index < -0.39 is 29.7 Å². The van der Waals surface area contributed by atoms with Gasteiger partial charge in [-0.2, -0.15) is 0 Å². The van der Waals surface area contributed by atoms with Crippen molar-refractivity contribution in [2.45, 2.75) is 13.0 Å². The molecule has 3 rings (SSSR count). The number of esters is 1. The van der Waals surface area contributed by atoms with E-state index in [4.69, 9.17) is 9.47 Å². The molecular weight excluding hydrogens is 378 g/mol. The Labute approximate surface area is 157 Å². The molecule has 2 N–H and O–H groups in total. The first-order valence-electron chi connectivity index (χ1n) is 8.08. The Bertz CT molecular complexity index is 883. The van der Waals surface area contributed by atoms with Crippen molar-refractivity contribution < 1.29 is 27.8 Å². The summed E-state index contributed by atoms with van der Waals surface area (Å²) < 4.78 is 37.3. The van der Waals surface area contributed by atoms with E-state index in [9.17, 15) is 18.4 Å². The van der Waals surface area contributed by atoms with Gasteiger partial charge in [0, 0.05) is 10.9 Å². The monoisotopic (exact) mass is 394 g/mol. The molecule has 142 valence electrons. The fourth-order valence-electron chi connectivity index (χ4n) is 2.59. The lowest BCUT2D eigenvalue weighted by atomic mass is 10.0. The molecule has 1 aliphatic heterocycles. The van der Waals surface area contributed by atoms with Gasteiger partial charge in [-0.1, -0.05) is 6.07 Å². The van der Waals surface area contributed by atoms with Crippen LogP contribution in [0.5, 0.6) is 5.75 Å². The van der Waals surface area contributed by atoms with Crippen LogP contribution in [0.2, 0.25) is 0 Å². The molecule has 2 amide bonds. The third-order valence-electron chi connectivity index (χ3n) is 3.74. The Morgan fingerprint density at radius 3 is 2.78 bits per heavy atom. The summed E-state index contributed by atoms with van der Waals surface area (Å²) in [5, 5.41) is 7.00. The molecule has 1 aromatic carbocycles. The van der Waals surface area contributed by atoms with Crippen molar-refractivity contribution in [1.82, 2.24) is 10.6 Å². The van der Waals surface area contributed by atoms with Crippen molar-refractivity contribution >= 4 is 23.3 Å². The summed E-state index contributed by atoms with van der Waals surface area (Å²) in [5.74, 6) is -2.45. The molecule has 0 saturated carbocycles. The number of carbonyl (C=O) groups excluding carboxylic acids is 2. The molecule has 1 aromatic heterocycles. The zero-order chi connectivity index (χ0) is 19.4. The van der Waals surface area contributed by atoms with Crippen LogP contribution < -0.4 is 15.4 Å². The smallest absolute Gasteiger partial charge is 0.338 e. The third-order valence-corrected chi connectivity index (χ3v) is 4.68. The second-order valence-corrected chi connectivity index (χ2v) is 6.50. The molecular formula is C18H16F2N2O4S. The fraction of sp³-hybridized carbons (Fsp3) is 0.222. The van der Waals surface area contributed by atoms with E-state index in [1.54, 1.807) is 19.1 Å². The van der Waals surface area contributed by atoms with Gasteiger partial charge in [0.25, 0.3) is 0 Å². The molecule has 6 nitrogen and oxygen atoms in total. The highest BCUT2D eigenvalue weighted by Gasteiger charge is 2.34. The van der Waals surface area contributed by atoms with Gasteiger partial charge in [-0.3, -0.25) is 0 Å². The van der Waals surface area contributed by atoms with Gasteiger partial charge in [-0.25, -0.2) is 18.4 Å². The maximum absolute atomic E-state index is 13.8. The zero-order valence-corrected chi connectivity index (χ0v) is 15.1. The number of carbonyl (C=O) groups is 2. The average molecular weight is 394 g/mol. The molecule has 2 heterocycles. The average Bonchev–Trinajstić information content (AvgIpc) is 3.15. The number of nitrogens with one attached hydrogen (secondary N) is 2. The Morgan fingerprint density at radius 2 is 2.11 bits per heavy atom. The molecule has 0 spiro atoms. The van der Waals surface area contributed by atoms with Crippen molar-refractivity contribution in [3.05, 3.63) is 63.5 Å². The second-order valence-electron chi connectivity index (χ2n) is 5.52. The minimum Gasteiger partial charge on any atom is -0.484 e. The minimum atomic E-state index is -0.886. The summed E-state index contributed by atoms with van der Waals surface area (Å²) in [6.45, 7) is 1.51. The number of ether oxygens (including phenoxy) is 2. The molecule has 0 radical (unpaired) electrons. The van der Waals surface area contributed by atoms with Crippen molar-refractivity contribution in [2.75, 3.05) is 13.2 Å². The number of hydrogen-bond acceptors (Lipinski definition) is 5. The van der Waals surface area contributed by atoms with Crippen molar-refractivity contribution in [1.29, 1.82) is 0 Å². The van der Waals surface area contributed by atoms with E-state index in [0.717, 1.165) is 17.0 Å². The molecule has 0 saturated heterocycles. The topological polar surface area (TPSA) is 76.7 Å². The molecule has 1 atom stereocenters. The van der Waals surface area contributed by atoms with Crippen LogP contribution in [-0.2, 0) is 9.53 Å². The number of benzene rings is 1. The largest absolute Gasteiger partial charge is 0.484 e. The van der Waals surface area contributed by atoms with E-state index in [2.05, 4.69) is 10.6 Å². The lowest BCUT2D eigenvalue weighted by Gasteiger charge is -2.28. The first-order chi connectivity index (χ1) is 13.0. The molecule has 1 aliphatic rings. The van der Waals surface area contributed by atoms with Gasteiger partial charge in [0.1, 0.15) is 12.4 Å². The number of urea groups is 1. The number of hydrogen-bond donors (Lipinski definition) is 2. The van der Waals surface area contributed by atoms with Crippen molar-refractivity contribution in [2.24, 2.45) is 0 Å². The van der Waals surface area contributed by atoms with Crippen molar-refractivity contribution in [3.63, 3.8) is 0 Å². The Hall–Kier alpha value is -2.94. The molecule has 9 heteroatoms. The highest BCUT2D eigenvalue weighted by atomic mass is 32.1. The Morgan fingerprint density at radius 1 is 1.30 bits per heavy atom. The summed E-state index contributed by atoms with van der Waals surface area (Å²) >= 11 is 1.36. The van der Waals surface area contributed by atoms with Crippen LogP contribution in [0.3, 0.4) is 0 Å². The lowest BCUT2D eigenvalue weighted by Crippen LogP contribution is -2.47. The summed E-state index contributed by atoms with van der Waals surface area (Å²) in [4.78, 5) is 25.3. The Kier molecular flexibility index (Phi) is 5.70. The lowest BCUT2D eigenvalue weighted by molar-refractivity contribution is -0.139. The Balaban J connectivity index is 1.94. The molecule has 0 aliphatic carbocycles. The predicted octanol–water partition coefficient (Wildman–Crippen LogP) is 3.28. The third kappa shape index (κ3) is 4.25. The van der Waals surface area contributed by atoms with Crippen LogP contribution >= 0.6 is 11.3 Å². The van der Waals surface area contributed by atoms with E-state index >= 15 is 0 Å². The molecule has 2 aromatic rings. The number of thiophene rings is 1. The fourth-order valence-corrected chi connectivity index (χ4v) is 3.38. The molecule has 0 fully saturated rings. The van der Waals surface area contributed by atoms with E-state index in [-0.39, 0.29) is 30.2 Å². The van der Waals surface area contributed by atoms with Gasteiger partial charge in [-0.05, 0) is 30.5 Å². The normalized spacial score (nSPS) is 16.6. The van der Waals surface area contributed by atoms with E-state index in [0.29, 0.717) is 6.07 Å². The highest BCUT2D eigenvalue weighted by Crippen LogP contribution is 2.31. The summed E-state index contributed by atoms with van der Waals surface area (Å²) in [7, 11) is 0. The number of rotatable bonds is 6. The van der Waals surface area contributed by atoms with E-state index in [1.165, 1.54) is 11.3 Å². The molecule has 0 unspecified atom stereocenters. The zero-order valence-electron chi connectivity index (χ0n) is 14.3. The maximum atomic E-state index is 13.8. The summed E-state index contributed by atoms with van der Waals surface area (Å²) in [5.41, 5.74) is 0.320. The van der Waals surface area contributed by atoms with Crippen LogP contribution in [0, 0.1) is 11.6 Å². The SMILES string of the molecule is CCOC(=O)C1=C(COc2ccc(F)cc2F)NC(=O)N[C@H]1c1cccs1. The number of amides is 2. The first kappa shape index (κ1) is 18.8. The standard InChI is InChI=1S/C18H16F2N2O4S/c1-2-25-17(23)15-12(9-26-13-6-5-10(19)8-11(13)20)21-18(24)22-16(15)14-4-3-7-27-14/h3-8,16H,2,9H2,1H3,(H2,21,22,24)/t16-/m0/s1. The quantitative estimate of drug-likeness (QED) is 0.738.